The first-order valence-electron chi connectivity index (χ1n) is 7.46. The summed E-state index contributed by atoms with van der Waals surface area (Å²) < 4.78 is 32.7. The summed E-state index contributed by atoms with van der Waals surface area (Å²) in [5.41, 5.74) is 0.341. The molecule has 0 heterocycles. The minimum Gasteiger partial charge on any atom is -0.481 e. The fraction of sp³-hybridized carbons (Fsp3) is 0.235. The third kappa shape index (κ3) is 4.97. The number of ether oxygens (including phenoxy) is 1. The minimum atomic E-state index is -3.68. The van der Waals surface area contributed by atoms with Crippen molar-refractivity contribution in [3.63, 3.8) is 0 Å². The number of carbonyl (C=O) groups excluding carboxylic acids is 1. The van der Waals surface area contributed by atoms with Gasteiger partial charge < -0.3 is 4.74 Å². The number of anilines is 1. The molecule has 0 aromatic heterocycles. The molecule has 0 aliphatic carbocycles. The van der Waals surface area contributed by atoms with Gasteiger partial charge in [0.2, 0.25) is 0 Å². The van der Waals surface area contributed by atoms with E-state index in [1.54, 1.807) is 36.4 Å². The van der Waals surface area contributed by atoms with E-state index in [-0.39, 0.29) is 4.90 Å². The van der Waals surface area contributed by atoms with E-state index < -0.39 is 21.4 Å². The second-order valence-corrected chi connectivity index (χ2v) is 7.20. The molecule has 1 N–H and O–H groups in total. The number of carbonyl (C=O) groups is 1. The molecule has 1 unspecified atom stereocenters. The summed E-state index contributed by atoms with van der Waals surface area (Å²) >= 11 is 5.52. The summed E-state index contributed by atoms with van der Waals surface area (Å²) in [4.78, 5) is 11.5. The minimum absolute atomic E-state index is 0.163. The van der Waals surface area contributed by atoms with Crippen LogP contribution in [0.4, 0.5) is 5.69 Å². The standard InChI is InChI=1S/C17H18ClNO4S/c1-2-7-16(17(18)20)23-14-9-6-8-13(12-14)19-24(21,22)15-10-4-3-5-11-15/h3-6,8-12,16,19H,2,7H2,1H3. The van der Waals surface area contributed by atoms with Crippen LogP contribution in [0.3, 0.4) is 0 Å². The molecule has 2 aromatic carbocycles. The molecular formula is C17H18ClNO4S. The highest BCUT2D eigenvalue weighted by Gasteiger charge is 2.18. The van der Waals surface area contributed by atoms with Crippen LogP contribution in [0.2, 0.25) is 0 Å². The Labute approximate surface area is 146 Å². The molecule has 5 nitrogen and oxygen atoms in total. The van der Waals surface area contributed by atoms with Gasteiger partial charge in [0.25, 0.3) is 15.3 Å². The third-order valence-corrected chi connectivity index (χ3v) is 4.86. The summed E-state index contributed by atoms with van der Waals surface area (Å²) in [5, 5.41) is -0.577. The van der Waals surface area contributed by atoms with Gasteiger partial charge in [0, 0.05) is 6.07 Å². The highest BCUT2D eigenvalue weighted by molar-refractivity contribution is 7.92. The maximum Gasteiger partial charge on any atom is 0.262 e. The van der Waals surface area contributed by atoms with Gasteiger partial charge in [-0.15, -0.1) is 0 Å². The van der Waals surface area contributed by atoms with Gasteiger partial charge in [0.05, 0.1) is 10.6 Å². The van der Waals surface area contributed by atoms with Crippen LogP contribution in [0.1, 0.15) is 19.8 Å². The van der Waals surface area contributed by atoms with Gasteiger partial charge in [-0.1, -0.05) is 37.6 Å². The molecule has 7 heteroatoms. The quantitative estimate of drug-likeness (QED) is 0.720. The summed E-state index contributed by atoms with van der Waals surface area (Å²) in [6.45, 7) is 1.92. The van der Waals surface area contributed by atoms with Crippen molar-refractivity contribution in [2.75, 3.05) is 4.72 Å². The SMILES string of the molecule is CCCC(Oc1cccc(NS(=O)(=O)c2ccccc2)c1)C(=O)Cl. The van der Waals surface area contributed by atoms with Gasteiger partial charge >= 0.3 is 0 Å². The first-order chi connectivity index (χ1) is 11.4. The predicted octanol–water partition coefficient (Wildman–Crippen LogP) is 3.80. The summed E-state index contributed by atoms with van der Waals surface area (Å²) in [7, 11) is -3.68. The van der Waals surface area contributed by atoms with E-state index in [2.05, 4.69) is 4.72 Å². The number of sulfonamides is 1. The lowest BCUT2D eigenvalue weighted by molar-refractivity contribution is -0.118. The molecule has 0 fully saturated rings. The van der Waals surface area contributed by atoms with Crippen molar-refractivity contribution in [3.8, 4) is 5.75 Å². The van der Waals surface area contributed by atoms with Crippen LogP contribution < -0.4 is 9.46 Å². The highest BCUT2D eigenvalue weighted by Crippen LogP contribution is 2.23. The van der Waals surface area contributed by atoms with Crippen molar-refractivity contribution in [2.45, 2.75) is 30.8 Å². The smallest absolute Gasteiger partial charge is 0.262 e. The normalized spacial score (nSPS) is 12.4. The van der Waals surface area contributed by atoms with Crippen LogP contribution in [-0.2, 0) is 14.8 Å². The Balaban J connectivity index is 2.17. The molecule has 0 saturated heterocycles. The third-order valence-electron chi connectivity index (χ3n) is 3.22. The molecule has 0 bridgehead atoms. The van der Waals surface area contributed by atoms with Crippen LogP contribution in [-0.4, -0.2) is 19.8 Å². The topological polar surface area (TPSA) is 72.5 Å². The fourth-order valence-electron chi connectivity index (χ4n) is 2.09. The molecule has 0 amide bonds. The number of rotatable bonds is 8. The maximum atomic E-state index is 12.3. The van der Waals surface area contributed by atoms with E-state index in [1.807, 2.05) is 6.92 Å². The van der Waals surface area contributed by atoms with E-state index in [0.717, 1.165) is 6.42 Å². The molecule has 2 rings (SSSR count). The molecule has 2 aromatic rings. The Morgan fingerprint density at radius 2 is 1.88 bits per heavy atom. The van der Waals surface area contributed by atoms with Crippen molar-refractivity contribution in [3.05, 3.63) is 54.6 Å². The van der Waals surface area contributed by atoms with Gasteiger partial charge in [-0.25, -0.2) is 8.42 Å². The van der Waals surface area contributed by atoms with Gasteiger partial charge in [0.1, 0.15) is 5.75 Å². The van der Waals surface area contributed by atoms with Crippen LogP contribution in [0.25, 0.3) is 0 Å². The van der Waals surface area contributed by atoms with Crippen LogP contribution in [0.5, 0.6) is 5.75 Å². The second kappa shape index (κ2) is 8.17. The summed E-state index contributed by atoms with van der Waals surface area (Å²) in [6, 6.07) is 14.4. The van der Waals surface area contributed by atoms with E-state index >= 15 is 0 Å². The Hall–Kier alpha value is -2.05. The molecule has 0 saturated carbocycles. The summed E-state index contributed by atoms with van der Waals surface area (Å²) in [5.74, 6) is 0.371. The second-order valence-electron chi connectivity index (χ2n) is 5.15. The molecule has 0 radical (unpaired) electrons. The van der Waals surface area contributed by atoms with Crippen LogP contribution in [0.15, 0.2) is 59.5 Å². The first kappa shape index (κ1) is 18.3. The zero-order chi connectivity index (χ0) is 17.6. The predicted molar refractivity (Wildman–Crippen MR) is 93.9 cm³/mol. The average molecular weight is 368 g/mol. The molecule has 0 spiro atoms. The lowest BCUT2D eigenvalue weighted by atomic mass is 10.2. The van der Waals surface area contributed by atoms with Crippen molar-refractivity contribution in [2.24, 2.45) is 0 Å². The van der Waals surface area contributed by atoms with Gasteiger partial charge in [-0.3, -0.25) is 9.52 Å². The van der Waals surface area contributed by atoms with Crippen LogP contribution >= 0.6 is 11.6 Å². The van der Waals surface area contributed by atoms with Crippen molar-refractivity contribution >= 4 is 32.6 Å². The lowest BCUT2D eigenvalue weighted by Gasteiger charge is -2.15. The molecule has 0 aliphatic heterocycles. The zero-order valence-electron chi connectivity index (χ0n) is 13.1. The van der Waals surface area contributed by atoms with Gasteiger partial charge in [-0.2, -0.15) is 0 Å². The van der Waals surface area contributed by atoms with Gasteiger partial charge in [-0.05, 0) is 42.3 Å². The molecule has 24 heavy (non-hydrogen) atoms. The van der Waals surface area contributed by atoms with E-state index in [0.29, 0.717) is 17.9 Å². The monoisotopic (exact) mass is 367 g/mol. The Morgan fingerprint density at radius 3 is 2.50 bits per heavy atom. The Kier molecular flexibility index (Phi) is 6.23. The zero-order valence-corrected chi connectivity index (χ0v) is 14.7. The number of halogens is 1. The molecule has 0 aliphatic rings. The number of hydrogen-bond acceptors (Lipinski definition) is 4. The Bertz CT molecular complexity index is 793. The van der Waals surface area contributed by atoms with E-state index in [9.17, 15) is 13.2 Å². The maximum absolute atomic E-state index is 12.3. The first-order valence-corrected chi connectivity index (χ1v) is 9.32. The van der Waals surface area contributed by atoms with Crippen LogP contribution in [0, 0.1) is 0 Å². The Morgan fingerprint density at radius 1 is 1.17 bits per heavy atom. The summed E-state index contributed by atoms with van der Waals surface area (Å²) in [6.07, 6.45) is 0.476. The van der Waals surface area contributed by atoms with E-state index in [4.69, 9.17) is 16.3 Å². The fourth-order valence-corrected chi connectivity index (χ4v) is 3.32. The largest absolute Gasteiger partial charge is 0.481 e. The molecule has 128 valence electrons. The number of hydrogen-bond donors (Lipinski definition) is 1. The molecule has 1 atom stereocenters. The van der Waals surface area contributed by atoms with Crippen molar-refractivity contribution < 1.29 is 17.9 Å². The number of nitrogens with one attached hydrogen (secondary N) is 1. The molecular weight excluding hydrogens is 350 g/mol. The van der Waals surface area contributed by atoms with Gasteiger partial charge in [0.15, 0.2) is 6.10 Å². The average Bonchev–Trinajstić information content (AvgIpc) is 2.55. The van der Waals surface area contributed by atoms with Crippen molar-refractivity contribution in [1.82, 2.24) is 0 Å². The van der Waals surface area contributed by atoms with Crippen molar-refractivity contribution in [1.29, 1.82) is 0 Å². The number of benzene rings is 2. The highest BCUT2D eigenvalue weighted by atomic mass is 35.5. The lowest BCUT2D eigenvalue weighted by Crippen LogP contribution is -2.23. The van der Waals surface area contributed by atoms with E-state index in [1.165, 1.54) is 18.2 Å².